The number of rotatable bonds is 17. The number of aryl methyl sites for hydroxylation is 3. The lowest BCUT2D eigenvalue weighted by molar-refractivity contribution is -0.118. The summed E-state index contributed by atoms with van der Waals surface area (Å²) in [7, 11) is 9.34. The quantitative estimate of drug-likeness (QED) is 0.0942. The van der Waals surface area contributed by atoms with Crippen molar-refractivity contribution in [3.8, 4) is 50.9 Å². The van der Waals surface area contributed by atoms with Crippen molar-refractivity contribution >= 4 is 50.1 Å². The largest absolute Gasteiger partial charge is 0.508 e. The first-order chi connectivity index (χ1) is 40.4. The van der Waals surface area contributed by atoms with Crippen LogP contribution in [0.2, 0.25) is 0 Å². The molecule has 0 aliphatic heterocycles. The second-order valence-electron chi connectivity index (χ2n) is 20.6. The average molecular weight is 1110 g/mol. The van der Waals surface area contributed by atoms with Gasteiger partial charge in [-0.25, -0.2) is 0 Å². The summed E-state index contributed by atoms with van der Waals surface area (Å²) in [6.45, 7) is 0. The van der Waals surface area contributed by atoms with Crippen molar-refractivity contribution in [2.24, 2.45) is 21.1 Å². The molecule has 6 aromatic heterocycles. The number of phenolic OH excluding ortho intramolecular Hbond substituents is 1. The third-order valence-corrected chi connectivity index (χ3v) is 14.8. The van der Waals surface area contributed by atoms with E-state index in [2.05, 4.69) is 83.6 Å². The van der Waals surface area contributed by atoms with Crippen LogP contribution in [0.1, 0.15) is 40.8 Å². The van der Waals surface area contributed by atoms with Gasteiger partial charge in [-0.1, -0.05) is 135 Å². The fourth-order valence-corrected chi connectivity index (χ4v) is 10.6. The van der Waals surface area contributed by atoms with Gasteiger partial charge in [-0.3, -0.25) is 29.3 Å². The van der Waals surface area contributed by atoms with Crippen molar-refractivity contribution in [3.05, 3.63) is 253 Å². The van der Waals surface area contributed by atoms with Crippen LogP contribution in [0.4, 0.5) is 0 Å². The number of fused-ring (bicyclic) bond motifs is 3. The molecule has 6 aromatic carbocycles. The number of aromatic nitrogens is 6. The molecule has 0 aliphatic carbocycles. The second-order valence-corrected chi connectivity index (χ2v) is 20.6. The summed E-state index contributed by atoms with van der Waals surface area (Å²) in [5.74, 6) is 2.04. The van der Waals surface area contributed by atoms with Crippen LogP contribution in [0.15, 0.2) is 219 Å². The third kappa shape index (κ3) is 13.7. The molecule has 12 rings (SSSR count). The molecule has 422 valence electrons. The monoisotopic (exact) mass is 1110 g/mol. The number of para-hydroxylation sites is 5. The van der Waals surface area contributed by atoms with Crippen LogP contribution in [0, 0.1) is 0 Å². The summed E-state index contributed by atoms with van der Waals surface area (Å²) in [6.07, 6.45) is 15.6. The highest BCUT2D eigenvalue weighted by atomic mass is 16.5. The number of ketones is 3. The predicted molar refractivity (Wildman–Crippen MR) is 337 cm³/mol. The molecule has 0 spiro atoms. The summed E-state index contributed by atoms with van der Waals surface area (Å²) >= 11 is 0. The molecule has 0 amide bonds. The van der Waals surface area contributed by atoms with Crippen LogP contribution >= 0.6 is 0 Å². The number of phenols is 1. The number of pyridine rings is 3. The minimum Gasteiger partial charge on any atom is -0.508 e. The minimum atomic E-state index is 0. The second kappa shape index (κ2) is 27.0. The van der Waals surface area contributed by atoms with Crippen LogP contribution < -0.4 is 9.47 Å². The molecule has 0 aliphatic rings. The van der Waals surface area contributed by atoms with Crippen molar-refractivity contribution in [3.63, 3.8) is 0 Å². The third-order valence-electron chi connectivity index (χ3n) is 14.8. The van der Waals surface area contributed by atoms with Crippen molar-refractivity contribution in [2.75, 3.05) is 14.2 Å². The van der Waals surface area contributed by atoms with Gasteiger partial charge in [0.05, 0.1) is 37.3 Å². The average Bonchev–Trinajstić information content (AvgIpc) is 4.14. The maximum absolute atomic E-state index is 12.5. The van der Waals surface area contributed by atoms with E-state index in [1.807, 2.05) is 155 Å². The van der Waals surface area contributed by atoms with Crippen LogP contribution in [0.5, 0.6) is 17.2 Å². The summed E-state index contributed by atoms with van der Waals surface area (Å²) in [4.78, 5) is 50.7. The number of hydrogen-bond acceptors (Lipinski definition) is 9. The van der Waals surface area contributed by atoms with Gasteiger partial charge in [-0.2, -0.15) is 0 Å². The lowest BCUT2D eigenvalue weighted by atomic mass is 9.99. The predicted octanol–water partition coefficient (Wildman–Crippen LogP) is 14.1. The Labute approximate surface area is 490 Å². The Morgan fingerprint density at radius 1 is 0.417 bits per heavy atom. The molecule has 12 aromatic rings. The lowest BCUT2D eigenvalue weighted by Crippen LogP contribution is -2.08. The topological polar surface area (TPSA) is 143 Å². The lowest BCUT2D eigenvalue weighted by Gasteiger charge is -2.08. The summed E-state index contributed by atoms with van der Waals surface area (Å²) < 4.78 is 17.0. The number of carbonyl (C=O) groups is 3. The van der Waals surface area contributed by atoms with Crippen LogP contribution in [-0.2, 0) is 74.1 Å². The van der Waals surface area contributed by atoms with Crippen molar-refractivity contribution in [1.29, 1.82) is 0 Å². The zero-order chi connectivity index (χ0) is 57.8. The minimum absolute atomic E-state index is 0. The van der Waals surface area contributed by atoms with Gasteiger partial charge in [-0.15, -0.1) is 0 Å². The van der Waals surface area contributed by atoms with E-state index in [1.54, 1.807) is 44.8 Å². The van der Waals surface area contributed by atoms with E-state index < -0.39 is 0 Å². The maximum atomic E-state index is 12.5. The van der Waals surface area contributed by atoms with Crippen molar-refractivity contribution < 1.29 is 29.0 Å². The van der Waals surface area contributed by atoms with E-state index in [0.29, 0.717) is 37.7 Å². The van der Waals surface area contributed by atoms with E-state index in [-0.39, 0.29) is 36.9 Å². The molecule has 84 heavy (non-hydrogen) atoms. The summed E-state index contributed by atoms with van der Waals surface area (Å²) in [6, 6.07) is 56.9. The van der Waals surface area contributed by atoms with Gasteiger partial charge >= 0.3 is 0 Å². The van der Waals surface area contributed by atoms with Gasteiger partial charge in [0, 0.05) is 157 Å². The molecule has 0 fully saturated rings. The van der Waals surface area contributed by atoms with Gasteiger partial charge in [0.2, 0.25) is 0 Å². The number of carbonyl (C=O) groups excluding carboxylic acids is 3. The Morgan fingerprint density at radius 2 is 0.821 bits per heavy atom. The molecule has 0 unspecified atom stereocenters. The molecule has 1 N–H and O–H groups in total. The number of aromatic hydroxyl groups is 1. The van der Waals surface area contributed by atoms with E-state index in [0.717, 1.165) is 83.8 Å². The standard InChI is InChI=1S/2C24H22N2O2.C23H20N2O2.CH4/c1-26-16-21(20-8-4-5-9-23(20)26)22-12-11-17(15-25-22)13-19(27)14-18-7-3-6-10-24(18)28-2;1-26-16-22(21-11-12-25-15-23(21)26)18-9-7-17(8-10-18)13-20(27)14-19-5-3-4-6-24(19)28-2;1-25-15-20(19-7-3-4-8-22(19)25)21-11-10-16(14-24-21)12-18(26)13-17-6-2-5-9-23(17)27;/h2*3-12,15-16H,13-14H2,1-2H3;2-11,14-15,27H,12-13H2,1H3;1H4. The molecule has 0 bridgehead atoms. The number of ether oxygens (including phenoxy) is 2. The van der Waals surface area contributed by atoms with Crippen LogP contribution in [0.25, 0.3) is 66.4 Å². The first kappa shape index (κ1) is 58.5. The van der Waals surface area contributed by atoms with Gasteiger partial charge in [0.1, 0.15) is 34.6 Å². The molecular formula is C72H68N6O6. The Balaban J connectivity index is 0.000000150. The Bertz CT molecular complexity index is 4050. The first-order valence-corrected chi connectivity index (χ1v) is 27.5. The molecule has 0 saturated heterocycles. The van der Waals surface area contributed by atoms with Crippen molar-refractivity contribution in [1.82, 2.24) is 28.7 Å². The normalized spacial score (nSPS) is 10.8. The van der Waals surface area contributed by atoms with Gasteiger partial charge < -0.3 is 28.3 Å². The highest BCUT2D eigenvalue weighted by Gasteiger charge is 2.16. The van der Waals surface area contributed by atoms with Gasteiger partial charge in [0.15, 0.2) is 0 Å². The first-order valence-electron chi connectivity index (χ1n) is 27.5. The molecule has 6 heterocycles. The van der Waals surface area contributed by atoms with E-state index >= 15 is 0 Å². The van der Waals surface area contributed by atoms with Gasteiger partial charge in [-0.05, 0) is 70.8 Å². The van der Waals surface area contributed by atoms with Crippen LogP contribution in [-0.4, -0.2) is 65.3 Å². The highest BCUT2D eigenvalue weighted by Crippen LogP contribution is 2.32. The molecule has 12 heteroatoms. The SMILES string of the molecule is C.COc1ccccc1CC(=O)Cc1ccc(-c2cn(C)c3ccccc23)nc1.COc1ccccc1CC(=O)Cc1ccc(-c2cn(C)c3cnccc23)cc1.Cn1cc(-c2ccc(CC(=O)Cc3ccccc3O)cn2)c2ccccc21. The Hall–Kier alpha value is -10.2. The highest BCUT2D eigenvalue weighted by molar-refractivity contribution is 5.97. The maximum Gasteiger partial charge on any atom is 0.141 e. The van der Waals surface area contributed by atoms with E-state index in [1.165, 1.54) is 21.9 Å². The number of methoxy groups -OCH3 is 2. The number of benzene rings is 6. The molecule has 12 nitrogen and oxygen atoms in total. The van der Waals surface area contributed by atoms with Crippen molar-refractivity contribution in [2.45, 2.75) is 46.0 Å². The molecule has 0 radical (unpaired) electrons. The smallest absolute Gasteiger partial charge is 0.141 e. The Kier molecular flexibility index (Phi) is 18.8. The van der Waals surface area contributed by atoms with E-state index in [4.69, 9.17) is 9.47 Å². The zero-order valence-electron chi connectivity index (χ0n) is 47.2. The van der Waals surface area contributed by atoms with Gasteiger partial charge in [0.25, 0.3) is 0 Å². The zero-order valence-corrected chi connectivity index (χ0v) is 47.2. The summed E-state index contributed by atoms with van der Waals surface area (Å²) in [5, 5.41) is 13.3. The number of hydrogen-bond donors (Lipinski definition) is 1. The fourth-order valence-electron chi connectivity index (χ4n) is 10.6. The fraction of sp³-hybridized carbons (Fsp3) is 0.167. The molecule has 0 atom stereocenters. The Morgan fingerprint density at radius 3 is 1.31 bits per heavy atom. The molecular weight excluding hydrogens is 1040 g/mol. The number of nitrogens with zero attached hydrogens (tertiary/aromatic N) is 6. The molecule has 0 saturated carbocycles. The van der Waals surface area contributed by atoms with E-state index in [9.17, 15) is 19.5 Å². The summed E-state index contributed by atoms with van der Waals surface area (Å²) in [5.41, 5.74) is 15.1. The number of Topliss-reactive ketones (excluding diaryl/α,β-unsaturated/α-hetero) is 3. The van der Waals surface area contributed by atoms with Crippen LogP contribution in [0.3, 0.4) is 0 Å².